The van der Waals surface area contributed by atoms with Gasteiger partial charge in [-0.05, 0) is 43.9 Å². The number of rotatable bonds is 4. The summed E-state index contributed by atoms with van der Waals surface area (Å²) >= 11 is 0. The van der Waals surface area contributed by atoms with Gasteiger partial charge in [0.05, 0.1) is 12.2 Å². The Morgan fingerprint density at radius 3 is 3.00 bits per heavy atom. The second-order valence-corrected chi connectivity index (χ2v) is 7.82. The van der Waals surface area contributed by atoms with Crippen molar-refractivity contribution in [2.24, 2.45) is 0 Å². The van der Waals surface area contributed by atoms with Gasteiger partial charge in [-0.1, -0.05) is 24.3 Å². The third-order valence-corrected chi connectivity index (χ3v) is 6.02. The number of nitrogens with one attached hydrogen (secondary N) is 2. The fourth-order valence-corrected chi connectivity index (χ4v) is 4.37. The number of urea groups is 1. The topological polar surface area (TPSA) is 64.3 Å². The molecule has 0 unspecified atom stereocenters. The second-order valence-electron chi connectivity index (χ2n) is 7.82. The molecule has 1 fully saturated rings. The Morgan fingerprint density at radius 2 is 2.15 bits per heavy atom. The summed E-state index contributed by atoms with van der Waals surface area (Å²) in [6.45, 7) is 9.42. The molecule has 27 heavy (non-hydrogen) atoms. The van der Waals surface area contributed by atoms with Crippen LogP contribution in [0.1, 0.15) is 40.4 Å². The molecule has 2 aliphatic rings. The summed E-state index contributed by atoms with van der Waals surface area (Å²) in [6, 6.07) is 8.74. The van der Waals surface area contributed by atoms with E-state index in [-0.39, 0.29) is 6.03 Å². The molecule has 6 nitrogen and oxygen atoms in total. The number of aryl methyl sites for hydroxylation is 2. The van der Waals surface area contributed by atoms with E-state index in [0.29, 0.717) is 19.0 Å². The molecule has 2 amide bonds. The molecule has 6 heteroatoms. The van der Waals surface area contributed by atoms with E-state index in [1.165, 1.54) is 23.1 Å². The van der Waals surface area contributed by atoms with Gasteiger partial charge in [0.15, 0.2) is 0 Å². The normalized spacial score (nSPS) is 19.9. The summed E-state index contributed by atoms with van der Waals surface area (Å²) in [5, 5.41) is 10.4. The Balaban J connectivity index is 1.23. The summed E-state index contributed by atoms with van der Waals surface area (Å²) in [5.41, 5.74) is 6.22. The third-order valence-electron chi connectivity index (χ3n) is 6.02. The number of hydrogen-bond acceptors (Lipinski definition) is 3. The van der Waals surface area contributed by atoms with Gasteiger partial charge in [0, 0.05) is 43.9 Å². The van der Waals surface area contributed by atoms with Gasteiger partial charge in [-0.15, -0.1) is 0 Å². The molecule has 144 valence electrons. The number of fused-ring (bicyclic) bond motifs is 1. The van der Waals surface area contributed by atoms with Gasteiger partial charge in [-0.2, -0.15) is 5.10 Å². The van der Waals surface area contributed by atoms with Gasteiger partial charge >= 0.3 is 6.03 Å². The molecule has 1 atom stereocenters. The molecule has 4 rings (SSSR count). The Kier molecular flexibility index (Phi) is 5.16. The lowest BCUT2D eigenvalue weighted by atomic mass is 9.94. The van der Waals surface area contributed by atoms with E-state index in [0.717, 1.165) is 44.0 Å². The Hall–Kier alpha value is -2.34. The number of H-pyrrole nitrogens is 1. The van der Waals surface area contributed by atoms with E-state index < -0.39 is 0 Å². The maximum Gasteiger partial charge on any atom is 0.317 e. The molecule has 1 aromatic carbocycles. The predicted molar refractivity (Wildman–Crippen MR) is 106 cm³/mol. The lowest BCUT2D eigenvalue weighted by Crippen LogP contribution is -2.44. The minimum absolute atomic E-state index is 0.0379. The highest BCUT2D eigenvalue weighted by atomic mass is 16.2. The molecular formula is C21H29N5O. The molecule has 0 aliphatic carbocycles. The van der Waals surface area contributed by atoms with Crippen molar-refractivity contribution in [3.63, 3.8) is 0 Å². The van der Waals surface area contributed by atoms with Crippen molar-refractivity contribution in [3.8, 4) is 0 Å². The van der Waals surface area contributed by atoms with E-state index in [1.54, 1.807) is 0 Å². The number of nitrogens with zero attached hydrogens (tertiary/aromatic N) is 3. The van der Waals surface area contributed by atoms with Crippen LogP contribution in [0.15, 0.2) is 24.3 Å². The summed E-state index contributed by atoms with van der Waals surface area (Å²) in [4.78, 5) is 16.9. The van der Waals surface area contributed by atoms with Crippen LogP contribution in [-0.4, -0.2) is 58.8 Å². The van der Waals surface area contributed by atoms with E-state index in [2.05, 4.69) is 51.6 Å². The zero-order valence-corrected chi connectivity index (χ0v) is 16.3. The highest BCUT2D eigenvalue weighted by Crippen LogP contribution is 2.29. The molecule has 1 saturated heterocycles. The van der Waals surface area contributed by atoms with Crippen LogP contribution in [-0.2, 0) is 13.0 Å². The monoisotopic (exact) mass is 367 g/mol. The van der Waals surface area contributed by atoms with Crippen LogP contribution in [0.4, 0.5) is 4.79 Å². The zero-order chi connectivity index (χ0) is 18.8. The molecule has 3 heterocycles. The Bertz CT molecular complexity index is 815. The van der Waals surface area contributed by atoms with E-state index in [9.17, 15) is 4.79 Å². The van der Waals surface area contributed by atoms with Crippen molar-refractivity contribution < 1.29 is 4.79 Å². The molecule has 0 spiro atoms. The van der Waals surface area contributed by atoms with Gasteiger partial charge in [-0.3, -0.25) is 5.10 Å². The van der Waals surface area contributed by atoms with Crippen molar-refractivity contribution in [3.05, 3.63) is 52.3 Å². The smallest absolute Gasteiger partial charge is 0.317 e. The van der Waals surface area contributed by atoms with Crippen molar-refractivity contribution in [2.45, 2.75) is 39.2 Å². The fourth-order valence-electron chi connectivity index (χ4n) is 4.37. The largest absolute Gasteiger partial charge is 0.337 e. The van der Waals surface area contributed by atoms with Gasteiger partial charge in [0.1, 0.15) is 0 Å². The number of aromatic nitrogens is 2. The van der Waals surface area contributed by atoms with Crippen LogP contribution < -0.4 is 5.32 Å². The first kappa shape index (κ1) is 18.0. The van der Waals surface area contributed by atoms with Crippen LogP contribution in [0.5, 0.6) is 0 Å². The predicted octanol–water partition coefficient (Wildman–Crippen LogP) is 2.58. The summed E-state index contributed by atoms with van der Waals surface area (Å²) in [5.74, 6) is 0.617. The lowest BCUT2D eigenvalue weighted by molar-refractivity contribution is 0.190. The van der Waals surface area contributed by atoms with Crippen LogP contribution in [0, 0.1) is 13.8 Å². The minimum Gasteiger partial charge on any atom is -0.337 e. The number of carbonyl (C=O) groups excluding carboxylic acids is 1. The molecule has 0 radical (unpaired) electrons. The van der Waals surface area contributed by atoms with Crippen LogP contribution in [0.2, 0.25) is 0 Å². The van der Waals surface area contributed by atoms with Crippen LogP contribution in [0.25, 0.3) is 0 Å². The van der Waals surface area contributed by atoms with Crippen LogP contribution >= 0.6 is 0 Å². The maximum atomic E-state index is 12.5. The van der Waals surface area contributed by atoms with E-state index >= 15 is 0 Å². The van der Waals surface area contributed by atoms with Crippen molar-refractivity contribution in [2.75, 3.05) is 32.7 Å². The van der Waals surface area contributed by atoms with Crippen molar-refractivity contribution >= 4 is 6.03 Å². The first-order valence-electron chi connectivity index (χ1n) is 9.95. The number of carbonyl (C=O) groups is 1. The van der Waals surface area contributed by atoms with Gasteiger partial charge in [0.25, 0.3) is 0 Å². The molecule has 2 N–H and O–H groups in total. The number of amides is 2. The number of benzene rings is 1. The van der Waals surface area contributed by atoms with E-state index in [4.69, 9.17) is 0 Å². The van der Waals surface area contributed by atoms with Crippen molar-refractivity contribution in [1.29, 1.82) is 0 Å². The van der Waals surface area contributed by atoms with Gasteiger partial charge in [-0.25, -0.2) is 4.79 Å². The van der Waals surface area contributed by atoms with Gasteiger partial charge < -0.3 is 15.1 Å². The lowest BCUT2D eigenvalue weighted by Gasteiger charge is -2.27. The maximum absolute atomic E-state index is 12.5. The van der Waals surface area contributed by atoms with Gasteiger partial charge in [0.2, 0.25) is 0 Å². The van der Waals surface area contributed by atoms with E-state index in [1.807, 2.05) is 11.8 Å². The molecule has 2 aliphatic heterocycles. The highest BCUT2D eigenvalue weighted by molar-refractivity contribution is 5.74. The SMILES string of the molecule is Cc1ccccc1[C@@H]1CCN(CCNC(=O)N2CCc3n[nH]c(C)c3C2)C1. The standard InChI is InChI=1S/C21H29N5O/c1-15-5-3-4-6-18(15)17-7-10-25(13-17)12-9-22-21(27)26-11-8-20-19(14-26)16(2)23-24-20/h3-6,17H,7-14H2,1-2H3,(H,22,27)(H,23,24)/t17-/m1/s1. The quantitative estimate of drug-likeness (QED) is 0.873. The first-order chi connectivity index (χ1) is 13.1. The molecular weight excluding hydrogens is 338 g/mol. The average Bonchev–Trinajstić information content (AvgIpc) is 3.29. The Labute approximate surface area is 160 Å². The number of likely N-dealkylation sites (tertiary alicyclic amines) is 1. The number of hydrogen-bond donors (Lipinski definition) is 2. The molecule has 0 saturated carbocycles. The zero-order valence-electron chi connectivity index (χ0n) is 16.3. The molecule has 0 bridgehead atoms. The average molecular weight is 367 g/mol. The summed E-state index contributed by atoms with van der Waals surface area (Å²) in [7, 11) is 0. The highest BCUT2D eigenvalue weighted by Gasteiger charge is 2.26. The second kappa shape index (κ2) is 7.72. The minimum atomic E-state index is 0.0379. The molecule has 2 aromatic rings. The number of aromatic amines is 1. The summed E-state index contributed by atoms with van der Waals surface area (Å²) in [6.07, 6.45) is 2.03. The third kappa shape index (κ3) is 3.86. The first-order valence-corrected chi connectivity index (χ1v) is 9.95. The fraction of sp³-hybridized carbons (Fsp3) is 0.524. The van der Waals surface area contributed by atoms with Crippen molar-refractivity contribution in [1.82, 2.24) is 25.3 Å². The molecule has 1 aromatic heterocycles. The van der Waals surface area contributed by atoms with Crippen LogP contribution in [0.3, 0.4) is 0 Å². The Morgan fingerprint density at radius 1 is 1.30 bits per heavy atom. The summed E-state index contributed by atoms with van der Waals surface area (Å²) < 4.78 is 0.